The molecule has 2 N–H and O–H groups in total. The third kappa shape index (κ3) is 7.23. The van der Waals surface area contributed by atoms with Crippen LogP contribution < -0.4 is 5.32 Å². The normalized spacial score (nSPS) is 11.3. The summed E-state index contributed by atoms with van der Waals surface area (Å²) in [4.78, 5) is 2.17. The average Bonchev–Trinajstić information content (AvgIpc) is 2.42. The Morgan fingerprint density at radius 1 is 1.43 bits per heavy atom. The van der Waals surface area contributed by atoms with Gasteiger partial charge in [-0.3, -0.25) is 4.90 Å². The highest BCUT2D eigenvalue weighted by atomic mass is 79.9. The molecule has 118 valence electrons. The van der Waals surface area contributed by atoms with Crippen LogP contribution in [-0.2, 0) is 13.1 Å². The zero-order chi connectivity index (χ0) is 15.7. The van der Waals surface area contributed by atoms with E-state index in [0.29, 0.717) is 12.5 Å². The van der Waals surface area contributed by atoms with E-state index in [1.54, 1.807) is 0 Å². The zero-order valence-corrected chi connectivity index (χ0v) is 14.7. The van der Waals surface area contributed by atoms with E-state index < -0.39 is 0 Å². The number of benzene rings is 1. The first-order chi connectivity index (χ1) is 10.1. The number of rotatable bonds is 10. The standard InChI is InChI=1S/C17H27BrN2O/c1-4-7-20(8-9-21)13-16-6-5-15(10-17(16)18)12-19-11-14(2)3/h4-6,10,14,19,21H,1,7-9,11-13H2,2-3H3. The minimum Gasteiger partial charge on any atom is -0.395 e. The first-order valence-electron chi connectivity index (χ1n) is 7.49. The minimum atomic E-state index is 0.169. The van der Waals surface area contributed by atoms with Gasteiger partial charge in [0.15, 0.2) is 0 Å². The van der Waals surface area contributed by atoms with E-state index in [-0.39, 0.29) is 6.61 Å². The quantitative estimate of drug-likeness (QED) is 0.633. The lowest BCUT2D eigenvalue weighted by Gasteiger charge is -2.20. The zero-order valence-electron chi connectivity index (χ0n) is 13.1. The van der Waals surface area contributed by atoms with E-state index in [1.807, 2.05) is 6.08 Å². The Labute approximate surface area is 137 Å². The molecule has 1 rings (SSSR count). The molecule has 0 bridgehead atoms. The SMILES string of the molecule is C=CCN(CCO)Cc1ccc(CNCC(C)C)cc1Br. The lowest BCUT2D eigenvalue weighted by molar-refractivity contribution is 0.203. The predicted molar refractivity (Wildman–Crippen MR) is 93.2 cm³/mol. The molecule has 0 aliphatic rings. The number of nitrogens with zero attached hydrogens (tertiary/aromatic N) is 1. The van der Waals surface area contributed by atoms with Crippen molar-refractivity contribution >= 4 is 15.9 Å². The van der Waals surface area contributed by atoms with Crippen LogP contribution in [0.1, 0.15) is 25.0 Å². The van der Waals surface area contributed by atoms with E-state index in [2.05, 4.69) is 64.8 Å². The Hall–Kier alpha value is -0.680. The summed E-state index contributed by atoms with van der Waals surface area (Å²) in [5.74, 6) is 0.665. The first kappa shape index (κ1) is 18.4. The van der Waals surface area contributed by atoms with Gasteiger partial charge in [0.1, 0.15) is 0 Å². The fraction of sp³-hybridized carbons (Fsp3) is 0.529. The van der Waals surface area contributed by atoms with Crippen molar-refractivity contribution in [1.29, 1.82) is 0 Å². The van der Waals surface area contributed by atoms with Crippen LogP contribution in [0.15, 0.2) is 35.3 Å². The topological polar surface area (TPSA) is 35.5 Å². The molecule has 1 aromatic carbocycles. The van der Waals surface area contributed by atoms with Crippen LogP contribution in [0.2, 0.25) is 0 Å². The van der Waals surface area contributed by atoms with Crippen molar-refractivity contribution in [1.82, 2.24) is 10.2 Å². The van der Waals surface area contributed by atoms with Crippen LogP contribution in [-0.4, -0.2) is 36.2 Å². The summed E-state index contributed by atoms with van der Waals surface area (Å²) < 4.78 is 1.12. The molecule has 0 amide bonds. The van der Waals surface area contributed by atoms with Gasteiger partial charge < -0.3 is 10.4 Å². The average molecular weight is 355 g/mol. The van der Waals surface area contributed by atoms with Crippen molar-refractivity contribution < 1.29 is 5.11 Å². The highest BCUT2D eigenvalue weighted by molar-refractivity contribution is 9.10. The summed E-state index contributed by atoms with van der Waals surface area (Å²) in [6.45, 7) is 12.5. The van der Waals surface area contributed by atoms with E-state index >= 15 is 0 Å². The Balaban J connectivity index is 2.62. The van der Waals surface area contributed by atoms with Gasteiger partial charge in [0.05, 0.1) is 6.61 Å². The van der Waals surface area contributed by atoms with Gasteiger partial charge >= 0.3 is 0 Å². The summed E-state index contributed by atoms with van der Waals surface area (Å²) in [5.41, 5.74) is 2.52. The van der Waals surface area contributed by atoms with Crippen LogP contribution >= 0.6 is 15.9 Å². The Bertz CT molecular complexity index is 435. The maximum atomic E-state index is 9.10. The summed E-state index contributed by atoms with van der Waals surface area (Å²) in [5, 5.41) is 12.6. The fourth-order valence-electron chi connectivity index (χ4n) is 2.13. The number of aliphatic hydroxyl groups is 1. The highest BCUT2D eigenvalue weighted by Gasteiger charge is 2.07. The van der Waals surface area contributed by atoms with Crippen LogP contribution in [0.5, 0.6) is 0 Å². The Kier molecular flexibility index (Phi) is 8.85. The van der Waals surface area contributed by atoms with Gasteiger partial charge in [-0.1, -0.05) is 48.0 Å². The molecule has 4 heteroatoms. The summed E-state index contributed by atoms with van der Waals surface area (Å²) >= 11 is 3.66. The molecule has 0 fully saturated rings. The third-order valence-corrected chi connectivity index (χ3v) is 3.93. The van der Waals surface area contributed by atoms with Crippen molar-refractivity contribution in [2.75, 3.05) is 26.2 Å². The summed E-state index contributed by atoms with van der Waals surface area (Å²) in [6.07, 6.45) is 1.87. The van der Waals surface area contributed by atoms with Crippen LogP contribution in [0, 0.1) is 5.92 Å². The van der Waals surface area contributed by atoms with Gasteiger partial charge in [-0.05, 0) is 29.7 Å². The minimum absolute atomic E-state index is 0.169. The second-order valence-corrected chi connectivity index (χ2v) is 6.55. The molecule has 21 heavy (non-hydrogen) atoms. The number of hydrogen-bond donors (Lipinski definition) is 2. The largest absolute Gasteiger partial charge is 0.395 e. The van der Waals surface area contributed by atoms with Crippen LogP contribution in [0.25, 0.3) is 0 Å². The second kappa shape index (κ2) is 10.1. The van der Waals surface area contributed by atoms with Gasteiger partial charge in [0.25, 0.3) is 0 Å². The molecule has 0 aromatic heterocycles. The Morgan fingerprint density at radius 3 is 2.76 bits per heavy atom. The molecule has 0 unspecified atom stereocenters. The fourth-order valence-corrected chi connectivity index (χ4v) is 2.69. The maximum Gasteiger partial charge on any atom is 0.0558 e. The Morgan fingerprint density at radius 2 is 2.19 bits per heavy atom. The molecule has 0 radical (unpaired) electrons. The molecule has 0 atom stereocenters. The van der Waals surface area contributed by atoms with E-state index in [0.717, 1.165) is 30.7 Å². The van der Waals surface area contributed by atoms with Gasteiger partial charge in [-0.2, -0.15) is 0 Å². The van der Waals surface area contributed by atoms with Gasteiger partial charge in [0.2, 0.25) is 0 Å². The maximum absolute atomic E-state index is 9.10. The van der Waals surface area contributed by atoms with Crippen molar-refractivity contribution in [3.05, 3.63) is 46.5 Å². The van der Waals surface area contributed by atoms with E-state index in [9.17, 15) is 0 Å². The molecule has 0 saturated heterocycles. The molecular weight excluding hydrogens is 328 g/mol. The number of nitrogens with one attached hydrogen (secondary N) is 1. The first-order valence-corrected chi connectivity index (χ1v) is 8.28. The molecule has 0 spiro atoms. The molecule has 1 aromatic rings. The predicted octanol–water partition coefficient (Wildman–Crippen LogP) is 3.18. The van der Waals surface area contributed by atoms with Crippen molar-refractivity contribution in [2.45, 2.75) is 26.9 Å². The molecule has 0 saturated carbocycles. The molecular formula is C17H27BrN2O. The van der Waals surface area contributed by atoms with E-state index in [4.69, 9.17) is 5.11 Å². The number of halogens is 1. The van der Waals surface area contributed by atoms with Crippen molar-refractivity contribution in [3.8, 4) is 0 Å². The lowest BCUT2D eigenvalue weighted by atomic mass is 10.1. The van der Waals surface area contributed by atoms with Crippen molar-refractivity contribution in [3.63, 3.8) is 0 Å². The molecule has 0 aliphatic carbocycles. The highest BCUT2D eigenvalue weighted by Crippen LogP contribution is 2.20. The summed E-state index contributed by atoms with van der Waals surface area (Å²) in [6, 6.07) is 6.50. The van der Waals surface area contributed by atoms with Crippen molar-refractivity contribution in [2.24, 2.45) is 5.92 Å². The lowest BCUT2D eigenvalue weighted by Crippen LogP contribution is -2.26. The van der Waals surface area contributed by atoms with Crippen LogP contribution in [0.3, 0.4) is 0 Å². The van der Waals surface area contributed by atoms with Gasteiger partial charge in [0, 0.05) is 30.7 Å². The monoisotopic (exact) mass is 354 g/mol. The van der Waals surface area contributed by atoms with E-state index in [1.165, 1.54) is 11.1 Å². The number of aliphatic hydroxyl groups excluding tert-OH is 1. The molecule has 0 aliphatic heterocycles. The molecule has 3 nitrogen and oxygen atoms in total. The number of hydrogen-bond acceptors (Lipinski definition) is 3. The smallest absolute Gasteiger partial charge is 0.0558 e. The summed E-state index contributed by atoms with van der Waals surface area (Å²) in [7, 11) is 0. The third-order valence-electron chi connectivity index (χ3n) is 3.20. The van der Waals surface area contributed by atoms with Gasteiger partial charge in [-0.15, -0.1) is 6.58 Å². The molecule has 0 heterocycles. The van der Waals surface area contributed by atoms with Gasteiger partial charge in [-0.25, -0.2) is 0 Å². The second-order valence-electron chi connectivity index (χ2n) is 5.70. The van der Waals surface area contributed by atoms with Crippen LogP contribution in [0.4, 0.5) is 0 Å².